The second kappa shape index (κ2) is 9.50. The second-order valence-corrected chi connectivity index (χ2v) is 10.7. The van der Waals surface area contributed by atoms with Gasteiger partial charge in [-0.05, 0) is 43.0 Å². The maximum Gasteiger partial charge on any atom is 0.264 e. The second-order valence-electron chi connectivity index (χ2n) is 8.86. The van der Waals surface area contributed by atoms with Gasteiger partial charge in [0.05, 0.1) is 10.9 Å². The standard InChI is InChI=1S/C28H33NO2S/c1-4-9-22(10-5-2)25-17-18-27-28(25)26(23-11-7-6-8-12-23)19-20-29(27)32(30,31)24-15-13-21(3)14-16-24/h6-8,11-20,26-28H,4-5,9-10H2,1-3H3/t26-,27+,28+/m0/s1. The molecule has 4 rings (SSSR count). The Kier molecular flexibility index (Phi) is 6.71. The molecule has 0 saturated heterocycles. The van der Waals surface area contributed by atoms with Crippen molar-refractivity contribution in [1.82, 2.24) is 4.31 Å². The van der Waals surface area contributed by atoms with Gasteiger partial charge in [-0.15, -0.1) is 0 Å². The first-order valence-corrected chi connectivity index (χ1v) is 13.1. The van der Waals surface area contributed by atoms with Crippen LogP contribution in [0.1, 0.15) is 56.6 Å². The third-order valence-electron chi connectivity index (χ3n) is 6.61. The van der Waals surface area contributed by atoms with Crippen molar-refractivity contribution in [3.05, 3.63) is 101 Å². The Morgan fingerprint density at radius 2 is 1.56 bits per heavy atom. The SMILES string of the molecule is CCCC(CCC)=C1C=C[C@@H]2[C@H]1[C@H](c1ccccc1)C=CN2S(=O)(=O)c1ccc(C)cc1. The molecule has 1 aliphatic carbocycles. The molecule has 3 nitrogen and oxygen atoms in total. The number of fused-ring (bicyclic) bond motifs is 1. The van der Waals surface area contributed by atoms with Gasteiger partial charge in [-0.25, -0.2) is 8.42 Å². The fourth-order valence-electron chi connectivity index (χ4n) is 5.10. The lowest BCUT2D eigenvalue weighted by Crippen LogP contribution is -2.43. The molecule has 0 fully saturated rings. The van der Waals surface area contributed by atoms with E-state index in [0.29, 0.717) is 4.90 Å². The Morgan fingerprint density at radius 1 is 0.906 bits per heavy atom. The van der Waals surface area contributed by atoms with Crippen LogP contribution in [-0.4, -0.2) is 18.8 Å². The molecule has 2 aliphatic rings. The number of hydrogen-bond acceptors (Lipinski definition) is 2. The van der Waals surface area contributed by atoms with E-state index in [1.54, 1.807) is 22.6 Å². The van der Waals surface area contributed by atoms with Crippen LogP contribution in [0.5, 0.6) is 0 Å². The van der Waals surface area contributed by atoms with Crippen molar-refractivity contribution in [3.8, 4) is 0 Å². The third kappa shape index (κ3) is 4.21. The molecule has 3 atom stereocenters. The normalized spacial score (nSPS) is 22.3. The summed E-state index contributed by atoms with van der Waals surface area (Å²) in [5, 5.41) is 0. The van der Waals surface area contributed by atoms with Crippen LogP contribution in [-0.2, 0) is 10.0 Å². The molecule has 32 heavy (non-hydrogen) atoms. The zero-order valence-corrected chi connectivity index (χ0v) is 20.1. The topological polar surface area (TPSA) is 37.4 Å². The van der Waals surface area contributed by atoms with Crippen LogP contribution in [0.3, 0.4) is 0 Å². The molecule has 4 heteroatoms. The minimum atomic E-state index is -3.64. The summed E-state index contributed by atoms with van der Waals surface area (Å²) in [4.78, 5) is 0.345. The van der Waals surface area contributed by atoms with Crippen molar-refractivity contribution >= 4 is 10.0 Å². The molecule has 0 bridgehead atoms. The highest BCUT2D eigenvalue weighted by molar-refractivity contribution is 7.89. The minimum absolute atomic E-state index is 0.0933. The summed E-state index contributed by atoms with van der Waals surface area (Å²) in [5.41, 5.74) is 5.10. The highest BCUT2D eigenvalue weighted by Gasteiger charge is 2.44. The Labute approximate surface area is 193 Å². The fraction of sp³-hybridized carbons (Fsp3) is 0.357. The van der Waals surface area contributed by atoms with Crippen molar-refractivity contribution in [1.29, 1.82) is 0 Å². The summed E-state index contributed by atoms with van der Waals surface area (Å²) < 4.78 is 28.9. The molecule has 0 radical (unpaired) electrons. The highest BCUT2D eigenvalue weighted by atomic mass is 32.2. The Hall–Kier alpha value is -2.59. The summed E-state index contributed by atoms with van der Waals surface area (Å²) in [7, 11) is -3.64. The molecular weight excluding hydrogens is 414 g/mol. The van der Waals surface area contributed by atoms with Crippen molar-refractivity contribution in [2.24, 2.45) is 5.92 Å². The van der Waals surface area contributed by atoms with Crippen molar-refractivity contribution in [2.75, 3.05) is 0 Å². The molecule has 2 aromatic rings. The van der Waals surface area contributed by atoms with Crippen LogP contribution in [0.15, 0.2) is 95.1 Å². The summed E-state index contributed by atoms with van der Waals surface area (Å²) in [6, 6.07) is 17.4. The molecule has 1 aliphatic heterocycles. The van der Waals surface area contributed by atoms with Crippen LogP contribution in [0.25, 0.3) is 0 Å². The van der Waals surface area contributed by atoms with Gasteiger partial charge < -0.3 is 0 Å². The van der Waals surface area contributed by atoms with Crippen molar-refractivity contribution < 1.29 is 8.42 Å². The molecule has 0 aromatic heterocycles. The molecule has 0 N–H and O–H groups in total. The number of allylic oxidation sites excluding steroid dienone is 3. The summed E-state index contributed by atoms with van der Waals surface area (Å²) >= 11 is 0. The molecule has 0 spiro atoms. The number of sulfonamides is 1. The van der Waals surface area contributed by atoms with E-state index in [0.717, 1.165) is 31.2 Å². The van der Waals surface area contributed by atoms with Crippen LogP contribution in [0, 0.1) is 12.8 Å². The number of benzene rings is 2. The third-order valence-corrected chi connectivity index (χ3v) is 8.40. The molecular formula is C28H33NO2S. The first-order valence-electron chi connectivity index (χ1n) is 11.7. The monoisotopic (exact) mass is 447 g/mol. The van der Waals surface area contributed by atoms with E-state index < -0.39 is 10.0 Å². The summed E-state index contributed by atoms with van der Waals surface area (Å²) in [6.45, 7) is 6.41. The summed E-state index contributed by atoms with van der Waals surface area (Å²) in [6.07, 6.45) is 12.5. The predicted octanol–water partition coefficient (Wildman–Crippen LogP) is 6.75. The lowest BCUT2D eigenvalue weighted by atomic mass is 9.76. The lowest BCUT2D eigenvalue weighted by molar-refractivity contribution is 0.338. The number of hydrogen-bond donors (Lipinski definition) is 0. The van der Waals surface area contributed by atoms with E-state index >= 15 is 0 Å². The van der Waals surface area contributed by atoms with E-state index in [1.165, 1.54) is 16.7 Å². The molecule has 0 saturated carbocycles. The van der Waals surface area contributed by atoms with Crippen LogP contribution >= 0.6 is 0 Å². The van der Waals surface area contributed by atoms with Gasteiger partial charge in [-0.2, -0.15) is 0 Å². The Balaban J connectivity index is 1.82. The van der Waals surface area contributed by atoms with Crippen molar-refractivity contribution in [3.63, 3.8) is 0 Å². The van der Waals surface area contributed by atoms with Gasteiger partial charge in [0.15, 0.2) is 0 Å². The van der Waals surface area contributed by atoms with Crippen LogP contribution < -0.4 is 0 Å². The smallest absolute Gasteiger partial charge is 0.264 e. The van der Waals surface area contributed by atoms with Gasteiger partial charge in [0, 0.05) is 18.0 Å². The fourth-order valence-corrected chi connectivity index (χ4v) is 6.58. The van der Waals surface area contributed by atoms with Gasteiger partial charge in [0.1, 0.15) is 0 Å². The predicted molar refractivity (Wildman–Crippen MR) is 132 cm³/mol. The van der Waals surface area contributed by atoms with Crippen LogP contribution in [0.4, 0.5) is 0 Å². The maximum absolute atomic E-state index is 13.6. The van der Waals surface area contributed by atoms with E-state index in [1.807, 2.05) is 25.1 Å². The largest absolute Gasteiger partial charge is 0.266 e. The quantitative estimate of drug-likeness (QED) is 0.471. The van der Waals surface area contributed by atoms with E-state index in [9.17, 15) is 8.42 Å². The van der Waals surface area contributed by atoms with E-state index in [2.05, 4.69) is 56.3 Å². The zero-order valence-electron chi connectivity index (χ0n) is 19.2. The van der Waals surface area contributed by atoms with Gasteiger partial charge in [0.2, 0.25) is 0 Å². The van der Waals surface area contributed by atoms with Gasteiger partial charge in [0.25, 0.3) is 10.0 Å². The first kappa shape index (κ1) is 22.6. The average Bonchev–Trinajstić information content (AvgIpc) is 3.24. The number of rotatable bonds is 7. The van der Waals surface area contributed by atoms with Gasteiger partial charge >= 0.3 is 0 Å². The average molecular weight is 448 g/mol. The molecule has 0 unspecified atom stereocenters. The minimum Gasteiger partial charge on any atom is -0.266 e. The Bertz CT molecular complexity index is 1120. The molecule has 0 amide bonds. The lowest BCUT2D eigenvalue weighted by Gasteiger charge is -2.39. The number of aryl methyl sites for hydroxylation is 1. The van der Waals surface area contributed by atoms with Gasteiger partial charge in [-0.3, -0.25) is 4.31 Å². The highest BCUT2D eigenvalue weighted by Crippen LogP contribution is 2.47. The first-order chi connectivity index (χ1) is 15.5. The summed E-state index contributed by atoms with van der Waals surface area (Å²) in [5.74, 6) is 0.245. The van der Waals surface area contributed by atoms with Crippen LogP contribution in [0.2, 0.25) is 0 Å². The molecule has 168 valence electrons. The van der Waals surface area contributed by atoms with E-state index in [-0.39, 0.29) is 17.9 Å². The zero-order chi connectivity index (χ0) is 22.7. The number of nitrogens with zero attached hydrogens (tertiary/aromatic N) is 1. The maximum atomic E-state index is 13.6. The Morgan fingerprint density at radius 3 is 2.19 bits per heavy atom. The molecule has 2 aromatic carbocycles. The van der Waals surface area contributed by atoms with Gasteiger partial charge in [-0.1, -0.05) is 98.5 Å². The van der Waals surface area contributed by atoms with E-state index in [4.69, 9.17) is 0 Å². The van der Waals surface area contributed by atoms with Crippen molar-refractivity contribution in [2.45, 2.75) is 63.3 Å². The molecule has 1 heterocycles.